The second kappa shape index (κ2) is 9.13. The van der Waals surface area contributed by atoms with Crippen molar-refractivity contribution in [2.24, 2.45) is 10.9 Å². The van der Waals surface area contributed by atoms with Crippen molar-refractivity contribution >= 4 is 5.96 Å². The van der Waals surface area contributed by atoms with E-state index in [1.165, 1.54) is 19.3 Å². The highest BCUT2D eigenvalue weighted by Gasteiger charge is 2.20. The largest absolute Gasteiger partial charge is 0.489 e. The average Bonchev–Trinajstić information content (AvgIpc) is 3.35. The van der Waals surface area contributed by atoms with E-state index in [-0.39, 0.29) is 0 Å². The number of nitrogens with one attached hydrogen (secondary N) is 2. The fraction of sp³-hybridized carbons (Fsp3) is 0.500. The molecule has 4 nitrogen and oxygen atoms in total. The maximum absolute atomic E-state index is 5.67. The van der Waals surface area contributed by atoms with Gasteiger partial charge in [0.25, 0.3) is 0 Å². The van der Waals surface area contributed by atoms with Crippen molar-refractivity contribution in [1.29, 1.82) is 0 Å². The molecule has 0 heterocycles. The SMILES string of the molecule is C=CCOc1ccccc1CN=C(NCC)NCCC1CC1. The minimum absolute atomic E-state index is 0.514. The number of aliphatic imine (C=N–C) groups is 1. The zero-order chi connectivity index (χ0) is 15.6. The van der Waals surface area contributed by atoms with E-state index in [1.54, 1.807) is 6.08 Å². The monoisotopic (exact) mass is 301 g/mol. The Morgan fingerprint density at radius 3 is 2.91 bits per heavy atom. The molecule has 0 aromatic heterocycles. The van der Waals surface area contributed by atoms with E-state index in [9.17, 15) is 0 Å². The van der Waals surface area contributed by atoms with E-state index in [0.29, 0.717) is 13.2 Å². The van der Waals surface area contributed by atoms with Gasteiger partial charge < -0.3 is 15.4 Å². The first-order valence-electron chi connectivity index (χ1n) is 8.17. The van der Waals surface area contributed by atoms with Gasteiger partial charge in [-0.3, -0.25) is 0 Å². The Morgan fingerprint density at radius 2 is 2.18 bits per heavy atom. The number of hydrogen-bond acceptors (Lipinski definition) is 2. The van der Waals surface area contributed by atoms with Crippen LogP contribution in [0.25, 0.3) is 0 Å². The molecule has 0 bridgehead atoms. The minimum Gasteiger partial charge on any atom is -0.489 e. The molecule has 0 radical (unpaired) electrons. The smallest absolute Gasteiger partial charge is 0.191 e. The molecule has 0 amide bonds. The van der Waals surface area contributed by atoms with Gasteiger partial charge in [0.1, 0.15) is 12.4 Å². The van der Waals surface area contributed by atoms with Gasteiger partial charge in [-0.25, -0.2) is 4.99 Å². The topological polar surface area (TPSA) is 45.6 Å². The summed E-state index contributed by atoms with van der Waals surface area (Å²) in [7, 11) is 0. The van der Waals surface area contributed by atoms with Crippen molar-refractivity contribution < 1.29 is 4.74 Å². The Hall–Kier alpha value is -1.97. The number of hydrogen-bond donors (Lipinski definition) is 2. The molecular formula is C18H27N3O. The van der Waals surface area contributed by atoms with E-state index < -0.39 is 0 Å². The van der Waals surface area contributed by atoms with Crippen molar-refractivity contribution in [3.63, 3.8) is 0 Å². The summed E-state index contributed by atoms with van der Waals surface area (Å²) < 4.78 is 5.67. The third kappa shape index (κ3) is 5.80. The molecule has 0 atom stereocenters. The molecule has 1 fully saturated rings. The Balaban J connectivity index is 1.91. The van der Waals surface area contributed by atoms with Crippen LogP contribution in [0.3, 0.4) is 0 Å². The molecule has 1 aromatic rings. The summed E-state index contributed by atoms with van der Waals surface area (Å²) in [6.45, 7) is 8.74. The second-order valence-electron chi connectivity index (χ2n) is 5.56. The van der Waals surface area contributed by atoms with Crippen LogP contribution in [0.2, 0.25) is 0 Å². The van der Waals surface area contributed by atoms with Crippen molar-refractivity contribution in [3.8, 4) is 5.75 Å². The van der Waals surface area contributed by atoms with Crippen molar-refractivity contribution in [3.05, 3.63) is 42.5 Å². The highest BCUT2D eigenvalue weighted by molar-refractivity contribution is 5.79. The van der Waals surface area contributed by atoms with Gasteiger partial charge >= 0.3 is 0 Å². The Labute approximate surface area is 133 Å². The first-order chi connectivity index (χ1) is 10.8. The van der Waals surface area contributed by atoms with Gasteiger partial charge in [-0.05, 0) is 25.3 Å². The molecule has 1 aliphatic rings. The number of benzene rings is 1. The quantitative estimate of drug-likeness (QED) is 0.418. The normalized spacial score (nSPS) is 14.5. The van der Waals surface area contributed by atoms with Gasteiger partial charge in [0.2, 0.25) is 0 Å². The molecular weight excluding hydrogens is 274 g/mol. The molecule has 120 valence electrons. The number of nitrogens with zero attached hydrogens (tertiary/aromatic N) is 1. The summed E-state index contributed by atoms with van der Waals surface area (Å²) in [5, 5.41) is 6.70. The van der Waals surface area contributed by atoms with Crippen molar-refractivity contribution in [1.82, 2.24) is 10.6 Å². The lowest BCUT2D eigenvalue weighted by atomic mass is 10.2. The standard InChI is InChI=1S/C18H27N3O/c1-3-13-22-17-8-6-5-7-16(17)14-21-18(19-4-2)20-12-11-15-9-10-15/h3,5-8,15H,1,4,9-14H2,2H3,(H2,19,20,21). The van der Waals surface area contributed by atoms with E-state index in [0.717, 1.165) is 36.3 Å². The van der Waals surface area contributed by atoms with Crippen molar-refractivity contribution in [2.45, 2.75) is 32.7 Å². The second-order valence-corrected chi connectivity index (χ2v) is 5.56. The molecule has 2 N–H and O–H groups in total. The Bertz CT molecular complexity index is 495. The van der Waals surface area contributed by atoms with Gasteiger partial charge in [0.15, 0.2) is 5.96 Å². The van der Waals surface area contributed by atoms with Gasteiger partial charge in [-0.1, -0.05) is 43.7 Å². The lowest BCUT2D eigenvalue weighted by Gasteiger charge is -2.12. The molecule has 4 heteroatoms. The molecule has 1 saturated carbocycles. The fourth-order valence-electron chi connectivity index (χ4n) is 2.23. The predicted molar refractivity (Wildman–Crippen MR) is 92.3 cm³/mol. The van der Waals surface area contributed by atoms with Crippen LogP contribution in [-0.4, -0.2) is 25.7 Å². The Morgan fingerprint density at radius 1 is 1.36 bits per heavy atom. The summed E-state index contributed by atoms with van der Waals surface area (Å²) in [5.74, 6) is 2.69. The van der Waals surface area contributed by atoms with Crippen LogP contribution in [0.1, 0.15) is 31.7 Å². The zero-order valence-corrected chi connectivity index (χ0v) is 13.5. The molecule has 2 rings (SSSR count). The molecule has 1 aromatic carbocycles. The molecule has 0 unspecified atom stereocenters. The lowest BCUT2D eigenvalue weighted by Crippen LogP contribution is -2.37. The zero-order valence-electron chi connectivity index (χ0n) is 13.5. The third-order valence-corrected chi connectivity index (χ3v) is 3.62. The Kier molecular flexibility index (Phi) is 6.81. The van der Waals surface area contributed by atoms with Gasteiger partial charge in [-0.15, -0.1) is 0 Å². The van der Waals surface area contributed by atoms with E-state index >= 15 is 0 Å². The van der Waals surface area contributed by atoms with Gasteiger partial charge in [0, 0.05) is 18.7 Å². The van der Waals surface area contributed by atoms with E-state index in [4.69, 9.17) is 4.74 Å². The van der Waals surface area contributed by atoms with E-state index in [2.05, 4.69) is 35.2 Å². The maximum Gasteiger partial charge on any atom is 0.191 e. The highest BCUT2D eigenvalue weighted by atomic mass is 16.5. The molecule has 22 heavy (non-hydrogen) atoms. The van der Waals surface area contributed by atoms with Crippen LogP contribution in [0, 0.1) is 5.92 Å². The van der Waals surface area contributed by atoms with E-state index in [1.807, 2.05) is 18.2 Å². The highest BCUT2D eigenvalue weighted by Crippen LogP contribution is 2.31. The summed E-state index contributed by atoms with van der Waals surface area (Å²) in [6, 6.07) is 8.02. The number of rotatable bonds is 9. The van der Waals surface area contributed by atoms with Gasteiger partial charge in [0.05, 0.1) is 6.54 Å². The molecule has 1 aliphatic carbocycles. The van der Waals surface area contributed by atoms with Crippen LogP contribution in [0.5, 0.6) is 5.75 Å². The first kappa shape index (κ1) is 16.4. The van der Waals surface area contributed by atoms with Crippen LogP contribution >= 0.6 is 0 Å². The minimum atomic E-state index is 0.514. The molecule has 0 saturated heterocycles. The summed E-state index contributed by atoms with van der Waals surface area (Å²) in [4.78, 5) is 4.66. The molecule has 0 aliphatic heterocycles. The number of guanidine groups is 1. The summed E-state index contributed by atoms with van der Waals surface area (Å²) >= 11 is 0. The average molecular weight is 301 g/mol. The third-order valence-electron chi connectivity index (χ3n) is 3.62. The summed E-state index contributed by atoms with van der Waals surface area (Å²) in [5.41, 5.74) is 1.09. The fourth-order valence-corrected chi connectivity index (χ4v) is 2.23. The predicted octanol–water partition coefficient (Wildman–Crippen LogP) is 3.11. The van der Waals surface area contributed by atoms with Crippen LogP contribution in [-0.2, 0) is 6.54 Å². The maximum atomic E-state index is 5.67. The van der Waals surface area contributed by atoms with Crippen LogP contribution in [0.15, 0.2) is 41.9 Å². The number of para-hydroxylation sites is 1. The number of ether oxygens (including phenoxy) is 1. The summed E-state index contributed by atoms with van der Waals surface area (Å²) in [6.07, 6.45) is 5.78. The lowest BCUT2D eigenvalue weighted by molar-refractivity contribution is 0.359. The first-order valence-corrected chi connectivity index (χ1v) is 8.17. The van der Waals surface area contributed by atoms with Gasteiger partial charge in [-0.2, -0.15) is 0 Å². The molecule has 0 spiro atoms. The van der Waals surface area contributed by atoms with Crippen LogP contribution < -0.4 is 15.4 Å². The van der Waals surface area contributed by atoms with Crippen molar-refractivity contribution in [2.75, 3.05) is 19.7 Å². The van der Waals surface area contributed by atoms with Crippen LogP contribution in [0.4, 0.5) is 0 Å².